The van der Waals surface area contributed by atoms with E-state index in [0.29, 0.717) is 12.8 Å². The molecule has 0 bridgehead atoms. The maximum atomic E-state index is 12.3. The van der Waals surface area contributed by atoms with Gasteiger partial charge >= 0.3 is 5.97 Å². The number of carbonyl (C=O) groups excluding carboxylic acids is 2. The average molecular weight is 320 g/mol. The molecule has 0 aromatic heterocycles. The molecule has 5 heteroatoms. The number of hydrogen-bond acceptors (Lipinski definition) is 5. The van der Waals surface area contributed by atoms with Gasteiger partial charge in [-0.2, -0.15) is 0 Å². The highest BCUT2D eigenvalue weighted by Crippen LogP contribution is 2.24. The Balaban J connectivity index is 2.85. The summed E-state index contributed by atoms with van der Waals surface area (Å²) >= 11 is 0. The molecule has 126 valence electrons. The number of rotatable bonds is 7. The Morgan fingerprint density at radius 2 is 1.96 bits per heavy atom. The van der Waals surface area contributed by atoms with E-state index in [0.717, 1.165) is 5.57 Å². The third-order valence-corrected chi connectivity index (χ3v) is 3.50. The van der Waals surface area contributed by atoms with Gasteiger partial charge in [0, 0.05) is 12.0 Å². The number of Topliss-reactive ketones (excluding diaryl/α,β-unsaturated/α-hetero) is 1. The molecule has 0 aliphatic rings. The van der Waals surface area contributed by atoms with Gasteiger partial charge in [0.1, 0.15) is 11.3 Å². The zero-order chi connectivity index (χ0) is 17.6. The van der Waals surface area contributed by atoms with Gasteiger partial charge in [0.15, 0.2) is 5.78 Å². The monoisotopic (exact) mass is 320 g/mol. The zero-order valence-corrected chi connectivity index (χ0v) is 14.0. The molecule has 1 aromatic carbocycles. The fourth-order valence-corrected chi connectivity index (χ4v) is 2.19. The van der Waals surface area contributed by atoms with E-state index in [9.17, 15) is 19.8 Å². The van der Waals surface area contributed by atoms with Gasteiger partial charge in [0.2, 0.25) is 0 Å². The molecule has 0 spiro atoms. The second kappa shape index (κ2) is 7.92. The van der Waals surface area contributed by atoms with Crippen LogP contribution in [0.15, 0.2) is 29.8 Å². The van der Waals surface area contributed by atoms with Gasteiger partial charge in [-0.15, -0.1) is 0 Å². The molecule has 23 heavy (non-hydrogen) atoms. The summed E-state index contributed by atoms with van der Waals surface area (Å²) in [4.78, 5) is 23.9. The minimum Gasteiger partial charge on any atom is -0.507 e. The quantitative estimate of drug-likeness (QED) is 0.458. The van der Waals surface area contributed by atoms with Crippen LogP contribution in [-0.2, 0) is 4.74 Å². The number of esters is 1. The number of ketones is 1. The van der Waals surface area contributed by atoms with Gasteiger partial charge < -0.3 is 14.9 Å². The Hall–Kier alpha value is -2.14. The molecule has 0 radical (unpaired) electrons. The molecular formula is C18H24O5. The van der Waals surface area contributed by atoms with Crippen molar-refractivity contribution in [1.82, 2.24) is 0 Å². The van der Waals surface area contributed by atoms with E-state index in [4.69, 9.17) is 0 Å². The van der Waals surface area contributed by atoms with Crippen LogP contribution in [-0.4, -0.2) is 34.7 Å². The molecular weight excluding hydrogens is 296 g/mol. The summed E-state index contributed by atoms with van der Waals surface area (Å²) in [5.41, 5.74) is 0.216. The summed E-state index contributed by atoms with van der Waals surface area (Å²) in [6, 6.07) is 3.99. The van der Waals surface area contributed by atoms with Crippen LogP contribution in [0.2, 0.25) is 0 Å². The molecule has 0 fully saturated rings. The number of allylic oxidation sites excluding steroid dienone is 2. The first-order valence-corrected chi connectivity index (χ1v) is 7.46. The maximum absolute atomic E-state index is 12.3. The van der Waals surface area contributed by atoms with Crippen molar-refractivity contribution in [1.29, 1.82) is 0 Å². The molecule has 0 unspecified atom stereocenters. The average Bonchev–Trinajstić information content (AvgIpc) is 2.45. The molecule has 1 aromatic rings. The standard InChI is InChI=1S/C18H24O5/c1-12(2)6-5-9-18(3,22)11-16(20)13-7-8-15(19)14(10-13)17(21)23-4/h6-8,10,19,22H,5,9,11H2,1-4H3/t18-/m0/s1. The van der Waals surface area contributed by atoms with Crippen LogP contribution in [0.1, 0.15) is 60.7 Å². The normalized spacial score (nSPS) is 13.1. The van der Waals surface area contributed by atoms with Crippen molar-refractivity contribution in [3.63, 3.8) is 0 Å². The second-order valence-corrected chi connectivity index (χ2v) is 6.14. The predicted molar refractivity (Wildman–Crippen MR) is 87.7 cm³/mol. The molecule has 0 aliphatic heterocycles. The number of benzene rings is 1. The first-order valence-electron chi connectivity index (χ1n) is 7.46. The van der Waals surface area contributed by atoms with Crippen LogP contribution in [0, 0.1) is 0 Å². The van der Waals surface area contributed by atoms with Gasteiger partial charge in [-0.25, -0.2) is 4.79 Å². The number of phenolic OH excluding ortho intramolecular Hbond substituents is 1. The molecule has 2 N–H and O–H groups in total. The lowest BCUT2D eigenvalue weighted by Crippen LogP contribution is -2.27. The van der Waals surface area contributed by atoms with Crippen molar-refractivity contribution in [2.24, 2.45) is 0 Å². The van der Waals surface area contributed by atoms with Crippen molar-refractivity contribution >= 4 is 11.8 Å². The van der Waals surface area contributed by atoms with Crippen LogP contribution in [0.25, 0.3) is 0 Å². The van der Waals surface area contributed by atoms with E-state index < -0.39 is 11.6 Å². The highest BCUT2D eigenvalue weighted by molar-refractivity contribution is 6.00. The summed E-state index contributed by atoms with van der Waals surface area (Å²) in [5, 5.41) is 20.0. The van der Waals surface area contributed by atoms with Crippen molar-refractivity contribution in [2.45, 2.75) is 45.6 Å². The van der Waals surface area contributed by atoms with E-state index in [1.165, 1.54) is 25.3 Å². The van der Waals surface area contributed by atoms with Crippen molar-refractivity contribution in [3.05, 3.63) is 41.0 Å². The lowest BCUT2D eigenvalue weighted by Gasteiger charge is -2.22. The molecule has 0 saturated carbocycles. The third kappa shape index (κ3) is 5.87. The number of hydrogen-bond donors (Lipinski definition) is 2. The van der Waals surface area contributed by atoms with Crippen LogP contribution in [0.5, 0.6) is 5.75 Å². The molecule has 1 atom stereocenters. The summed E-state index contributed by atoms with van der Waals surface area (Å²) in [5.74, 6) is -1.26. The topological polar surface area (TPSA) is 83.8 Å². The fraction of sp³-hybridized carbons (Fsp3) is 0.444. The molecule has 0 heterocycles. The molecule has 0 amide bonds. The molecule has 0 aliphatic carbocycles. The highest BCUT2D eigenvalue weighted by Gasteiger charge is 2.25. The van der Waals surface area contributed by atoms with Gasteiger partial charge in [0.05, 0.1) is 12.7 Å². The van der Waals surface area contributed by atoms with Crippen LogP contribution < -0.4 is 0 Å². The van der Waals surface area contributed by atoms with Gasteiger partial charge in [-0.1, -0.05) is 11.6 Å². The van der Waals surface area contributed by atoms with Crippen molar-refractivity contribution in [2.75, 3.05) is 7.11 Å². The first-order chi connectivity index (χ1) is 10.7. The number of methoxy groups -OCH3 is 1. The van der Waals surface area contributed by atoms with Crippen molar-refractivity contribution < 1.29 is 24.5 Å². The Morgan fingerprint density at radius 1 is 1.30 bits per heavy atom. The zero-order valence-electron chi connectivity index (χ0n) is 14.0. The number of aliphatic hydroxyl groups is 1. The number of ether oxygens (including phenoxy) is 1. The van der Waals surface area contributed by atoms with Crippen molar-refractivity contribution in [3.8, 4) is 5.75 Å². The summed E-state index contributed by atoms with van der Waals surface area (Å²) in [7, 11) is 1.20. The van der Waals surface area contributed by atoms with Gasteiger partial charge in [-0.3, -0.25) is 4.79 Å². The Bertz CT molecular complexity index is 610. The molecule has 0 saturated heterocycles. The highest BCUT2D eigenvalue weighted by atomic mass is 16.5. The van der Waals surface area contributed by atoms with Crippen LogP contribution >= 0.6 is 0 Å². The van der Waals surface area contributed by atoms with E-state index in [1.54, 1.807) is 6.92 Å². The Kier molecular flexibility index (Phi) is 6.51. The Labute approximate surface area is 136 Å². The van der Waals surface area contributed by atoms with Crippen LogP contribution in [0.4, 0.5) is 0 Å². The van der Waals surface area contributed by atoms with E-state index in [1.807, 2.05) is 19.9 Å². The van der Waals surface area contributed by atoms with E-state index in [2.05, 4.69) is 4.74 Å². The van der Waals surface area contributed by atoms with Gasteiger partial charge in [0.25, 0.3) is 0 Å². The van der Waals surface area contributed by atoms with Crippen LogP contribution in [0.3, 0.4) is 0 Å². The molecule has 1 rings (SSSR count). The number of phenols is 1. The lowest BCUT2D eigenvalue weighted by molar-refractivity contribution is 0.0398. The van der Waals surface area contributed by atoms with Gasteiger partial charge in [-0.05, 0) is 51.8 Å². The third-order valence-electron chi connectivity index (χ3n) is 3.50. The maximum Gasteiger partial charge on any atom is 0.341 e. The predicted octanol–water partition coefficient (Wildman–Crippen LogP) is 3.25. The lowest BCUT2D eigenvalue weighted by atomic mass is 9.90. The fourth-order valence-electron chi connectivity index (χ4n) is 2.19. The Morgan fingerprint density at radius 3 is 2.52 bits per heavy atom. The number of carbonyl (C=O) groups is 2. The number of aromatic hydroxyl groups is 1. The largest absolute Gasteiger partial charge is 0.507 e. The summed E-state index contributed by atoms with van der Waals surface area (Å²) in [6.45, 7) is 5.57. The SMILES string of the molecule is COC(=O)c1cc(C(=O)C[C@@](C)(O)CCC=C(C)C)ccc1O. The van der Waals surface area contributed by atoms with E-state index in [-0.39, 0.29) is 29.1 Å². The second-order valence-electron chi connectivity index (χ2n) is 6.14. The first kappa shape index (κ1) is 18.9. The molecule has 5 nitrogen and oxygen atoms in total. The minimum atomic E-state index is -1.13. The summed E-state index contributed by atoms with van der Waals surface area (Å²) in [6.07, 6.45) is 3.10. The smallest absolute Gasteiger partial charge is 0.341 e. The minimum absolute atomic E-state index is 0.0605. The van der Waals surface area contributed by atoms with E-state index >= 15 is 0 Å². The summed E-state index contributed by atoms with van der Waals surface area (Å²) < 4.78 is 4.56.